The molecule has 6 rings (SSSR count). The Bertz CT molecular complexity index is 1320. The number of likely N-dealkylation sites (tertiary alicyclic amines) is 1. The van der Waals surface area contributed by atoms with Crippen LogP contribution in [0.15, 0.2) is 24.4 Å². The molecular weight excluding hydrogens is 460 g/mol. The highest BCUT2D eigenvalue weighted by atomic mass is 16.2. The molecule has 3 unspecified atom stereocenters. The van der Waals surface area contributed by atoms with Crippen molar-refractivity contribution in [3.05, 3.63) is 41.2 Å². The lowest BCUT2D eigenvalue weighted by Crippen LogP contribution is -2.52. The maximum Gasteiger partial charge on any atom is 0.276 e. The third kappa shape index (κ3) is 3.70. The van der Waals surface area contributed by atoms with Crippen LogP contribution in [0.2, 0.25) is 0 Å². The maximum atomic E-state index is 13.4. The van der Waals surface area contributed by atoms with Gasteiger partial charge in [0.15, 0.2) is 5.69 Å². The summed E-state index contributed by atoms with van der Waals surface area (Å²) < 4.78 is 1.56. The normalized spacial score (nSPS) is 28.9. The number of amides is 4. The minimum Gasteiger partial charge on any atom is -0.334 e. The molecule has 188 valence electrons. The van der Waals surface area contributed by atoms with Crippen LogP contribution in [0.1, 0.15) is 79.3 Å². The Morgan fingerprint density at radius 1 is 1.14 bits per heavy atom. The third-order valence-corrected chi connectivity index (χ3v) is 8.16. The Morgan fingerprint density at radius 2 is 1.94 bits per heavy atom. The van der Waals surface area contributed by atoms with E-state index < -0.39 is 11.9 Å². The number of benzene rings is 1. The van der Waals surface area contributed by atoms with E-state index in [1.807, 2.05) is 11.0 Å². The molecule has 10 heteroatoms. The SMILES string of the molecule is CC1(C)CC2CC(C)(CN2C(=O)c2cn(-c3ccc4c(c3)CN(C3CCC(=O)NC3=O)C4=O)nn2)C1. The van der Waals surface area contributed by atoms with E-state index in [1.165, 1.54) is 4.90 Å². The van der Waals surface area contributed by atoms with Crippen molar-refractivity contribution in [2.45, 2.75) is 71.5 Å². The molecule has 2 saturated heterocycles. The zero-order chi connectivity index (χ0) is 25.4. The first-order valence-corrected chi connectivity index (χ1v) is 12.5. The fraction of sp³-hybridized carbons (Fsp3) is 0.538. The van der Waals surface area contributed by atoms with Crippen LogP contribution < -0.4 is 5.32 Å². The van der Waals surface area contributed by atoms with Crippen molar-refractivity contribution in [1.82, 2.24) is 30.1 Å². The van der Waals surface area contributed by atoms with Crippen LogP contribution in [0.4, 0.5) is 0 Å². The number of nitrogens with zero attached hydrogens (tertiary/aromatic N) is 5. The summed E-state index contributed by atoms with van der Waals surface area (Å²) in [5.41, 5.74) is 2.65. The van der Waals surface area contributed by atoms with Gasteiger partial charge in [-0.25, -0.2) is 4.68 Å². The summed E-state index contributed by atoms with van der Waals surface area (Å²) in [6.07, 6.45) is 5.31. The van der Waals surface area contributed by atoms with Crippen LogP contribution in [-0.2, 0) is 16.1 Å². The number of imide groups is 1. The molecule has 0 spiro atoms. The van der Waals surface area contributed by atoms with Crippen molar-refractivity contribution >= 4 is 23.6 Å². The Kier molecular flexibility index (Phi) is 4.90. The van der Waals surface area contributed by atoms with Crippen LogP contribution in [0.3, 0.4) is 0 Å². The van der Waals surface area contributed by atoms with Gasteiger partial charge >= 0.3 is 0 Å². The summed E-state index contributed by atoms with van der Waals surface area (Å²) in [6, 6.07) is 4.89. The molecule has 1 saturated carbocycles. The van der Waals surface area contributed by atoms with E-state index in [0.717, 1.165) is 31.4 Å². The van der Waals surface area contributed by atoms with Crippen molar-refractivity contribution < 1.29 is 19.2 Å². The zero-order valence-electron chi connectivity index (χ0n) is 20.8. The zero-order valence-corrected chi connectivity index (χ0v) is 20.8. The molecule has 3 aliphatic heterocycles. The molecule has 1 aromatic heterocycles. The number of rotatable bonds is 3. The van der Waals surface area contributed by atoms with Gasteiger partial charge in [-0.15, -0.1) is 5.10 Å². The van der Waals surface area contributed by atoms with Gasteiger partial charge in [-0.3, -0.25) is 24.5 Å². The fourth-order valence-corrected chi connectivity index (χ4v) is 7.04. The number of piperidine rings is 1. The largest absolute Gasteiger partial charge is 0.334 e. The number of fused-ring (bicyclic) bond motifs is 3. The number of nitrogens with one attached hydrogen (secondary N) is 1. The molecule has 3 atom stereocenters. The Labute approximate surface area is 209 Å². The van der Waals surface area contributed by atoms with Gasteiger partial charge in [-0.05, 0) is 60.3 Å². The predicted octanol–water partition coefficient (Wildman–Crippen LogP) is 2.07. The molecular formula is C26H30N6O4. The highest BCUT2D eigenvalue weighted by Gasteiger charge is 2.51. The van der Waals surface area contributed by atoms with E-state index in [0.29, 0.717) is 23.4 Å². The number of carbonyl (C=O) groups excluding carboxylic acids is 4. The van der Waals surface area contributed by atoms with Gasteiger partial charge in [-0.1, -0.05) is 26.0 Å². The van der Waals surface area contributed by atoms with E-state index in [9.17, 15) is 19.2 Å². The molecule has 36 heavy (non-hydrogen) atoms. The first-order valence-electron chi connectivity index (χ1n) is 12.5. The highest BCUT2D eigenvalue weighted by Crippen LogP contribution is 2.52. The lowest BCUT2D eigenvalue weighted by atomic mass is 9.65. The van der Waals surface area contributed by atoms with Gasteiger partial charge in [0.2, 0.25) is 11.8 Å². The van der Waals surface area contributed by atoms with Gasteiger partial charge in [0.05, 0.1) is 11.9 Å². The molecule has 3 fully saturated rings. The van der Waals surface area contributed by atoms with E-state index in [2.05, 4.69) is 36.4 Å². The summed E-state index contributed by atoms with van der Waals surface area (Å²) >= 11 is 0. The van der Waals surface area contributed by atoms with Crippen molar-refractivity contribution in [3.63, 3.8) is 0 Å². The number of hydrogen-bond acceptors (Lipinski definition) is 6. The molecule has 2 aromatic rings. The van der Waals surface area contributed by atoms with Crippen LogP contribution in [0.25, 0.3) is 5.69 Å². The van der Waals surface area contributed by atoms with Gasteiger partial charge in [0.25, 0.3) is 11.8 Å². The molecule has 1 aromatic carbocycles. The quantitative estimate of drug-likeness (QED) is 0.659. The monoisotopic (exact) mass is 490 g/mol. The van der Waals surface area contributed by atoms with Gasteiger partial charge < -0.3 is 9.80 Å². The molecule has 0 radical (unpaired) electrons. The molecule has 2 bridgehead atoms. The molecule has 1 aliphatic carbocycles. The lowest BCUT2D eigenvalue weighted by Gasteiger charge is -2.39. The van der Waals surface area contributed by atoms with Gasteiger partial charge in [-0.2, -0.15) is 0 Å². The van der Waals surface area contributed by atoms with E-state index >= 15 is 0 Å². The molecule has 4 amide bonds. The molecule has 10 nitrogen and oxygen atoms in total. The van der Waals surface area contributed by atoms with Crippen LogP contribution in [-0.4, -0.2) is 67.1 Å². The Morgan fingerprint density at radius 3 is 2.72 bits per heavy atom. The van der Waals surface area contributed by atoms with Crippen molar-refractivity contribution in [2.75, 3.05) is 6.54 Å². The predicted molar refractivity (Wildman–Crippen MR) is 128 cm³/mol. The summed E-state index contributed by atoms with van der Waals surface area (Å²) in [7, 11) is 0. The first kappa shape index (κ1) is 22.9. The van der Waals surface area contributed by atoms with Crippen molar-refractivity contribution in [2.24, 2.45) is 10.8 Å². The van der Waals surface area contributed by atoms with E-state index in [-0.39, 0.29) is 47.6 Å². The first-order chi connectivity index (χ1) is 17.0. The summed E-state index contributed by atoms with van der Waals surface area (Å²) in [5, 5.41) is 10.7. The van der Waals surface area contributed by atoms with Gasteiger partial charge in [0.1, 0.15) is 6.04 Å². The number of carbonyl (C=O) groups is 4. The van der Waals surface area contributed by atoms with Gasteiger partial charge in [0, 0.05) is 31.1 Å². The second-order valence-corrected chi connectivity index (χ2v) is 11.9. The average molecular weight is 491 g/mol. The summed E-state index contributed by atoms with van der Waals surface area (Å²) in [4.78, 5) is 53.6. The Balaban J connectivity index is 1.21. The van der Waals surface area contributed by atoms with E-state index in [4.69, 9.17) is 0 Å². The molecule has 4 aliphatic rings. The van der Waals surface area contributed by atoms with Crippen LogP contribution in [0, 0.1) is 10.8 Å². The Hall–Kier alpha value is -3.56. The average Bonchev–Trinajstić information content (AvgIpc) is 3.47. The van der Waals surface area contributed by atoms with Crippen LogP contribution in [0.5, 0.6) is 0 Å². The minimum absolute atomic E-state index is 0.0898. The maximum absolute atomic E-state index is 13.4. The summed E-state index contributed by atoms with van der Waals surface area (Å²) in [6.45, 7) is 7.85. The second kappa shape index (κ2) is 7.72. The smallest absolute Gasteiger partial charge is 0.276 e. The number of aromatic nitrogens is 3. The lowest BCUT2D eigenvalue weighted by molar-refractivity contribution is -0.136. The summed E-state index contributed by atoms with van der Waals surface area (Å²) in [5.74, 6) is -1.06. The molecule has 1 N–H and O–H groups in total. The van der Waals surface area contributed by atoms with E-state index in [1.54, 1.807) is 23.0 Å². The standard InChI is InChI=1S/C26H30N6O4/c1-25(2)9-17-10-26(3,13-25)14-31(17)24(36)19-12-32(29-28-19)16-4-5-18-15(8-16)11-30(23(18)35)20-6-7-21(33)27-22(20)34/h4-5,8,12,17,20H,6-7,9-11,13-14H2,1-3H3,(H,27,33,34). The fourth-order valence-electron chi connectivity index (χ4n) is 7.04. The third-order valence-electron chi connectivity index (χ3n) is 8.16. The van der Waals surface area contributed by atoms with Crippen molar-refractivity contribution in [1.29, 1.82) is 0 Å². The topological polar surface area (TPSA) is 118 Å². The van der Waals surface area contributed by atoms with Crippen LogP contribution >= 0.6 is 0 Å². The second-order valence-electron chi connectivity index (χ2n) is 11.9. The number of hydrogen-bond donors (Lipinski definition) is 1. The minimum atomic E-state index is -0.659. The highest BCUT2D eigenvalue weighted by molar-refractivity contribution is 6.05. The molecule has 4 heterocycles. The van der Waals surface area contributed by atoms with Crippen molar-refractivity contribution in [3.8, 4) is 5.69 Å².